The van der Waals surface area contributed by atoms with Gasteiger partial charge in [0.1, 0.15) is 35.6 Å². The number of nitrogens with zero attached hydrogens (tertiary/aromatic N) is 5. The number of rotatable bonds is 3. The molecule has 2 aromatic heterocycles. The van der Waals surface area contributed by atoms with Crippen molar-refractivity contribution >= 4 is 33.4 Å². The van der Waals surface area contributed by atoms with E-state index in [0.717, 1.165) is 19.4 Å². The molecule has 4 aromatic rings. The van der Waals surface area contributed by atoms with Crippen LogP contribution in [0.3, 0.4) is 0 Å². The number of halogens is 4. The van der Waals surface area contributed by atoms with Crippen LogP contribution in [-0.4, -0.2) is 82.0 Å². The first-order chi connectivity index (χ1) is 22.6. The van der Waals surface area contributed by atoms with Crippen LogP contribution in [0.25, 0.3) is 32.9 Å². The number of carbonyl (C=O) groups excluding carboxylic acids is 1. The van der Waals surface area contributed by atoms with Gasteiger partial charge in [-0.05, 0) is 74.4 Å². The number of pyridine rings is 1. The van der Waals surface area contributed by atoms with Crippen molar-refractivity contribution in [2.45, 2.75) is 75.3 Å². The van der Waals surface area contributed by atoms with Crippen LogP contribution in [0, 0.1) is 11.6 Å². The molecule has 2 aromatic carbocycles. The second-order valence-corrected chi connectivity index (χ2v) is 13.9. The number of benzene rings is 2. The van der Waals surface area contributed by atoms with Gasteiger partial charge in [0.15, 0.2) is 12.0 Å². The average molecular weight is 649 g/mol. The molecule has 0 aliphatic carbocycles. The van der Waals surface area contributed by atoms with Crippen molar-refractivity contribution in [2.24, 2.45) is 0 Å². The maximum atomic E-state index is 16.9. The van der Waals surface area contributed by atoms with Crippen molar-refractivity contribution in [1.29, 1.82) is 0 Å². The van der Waals surface area contributed by atoms with E-state index < -0.39 is 41.0 Å². The molecule has 6 bridgehead atoms. The third kappa shape index (κ3) is 5.15. The second-order valence-electron chi connectivity index (χ2n) is 13.9. The fourth-order valence-electron chi connectivity index (χ4n) is 8.33. The molecule has 0 radical (unpaired) electrons. The molecule has 1 N–H and O–H groups in total. The first kappa shape index (κ1) is 30.3. The number of piperidine rings is 1. The summed E-state index contributed by atoms with van der Waals surface area (Å²) in [5.41, 5.74) is -0.805. The number of aromatic nitrogens is 3. The molecule has 1 unspecified atom stereocenters. The van der Waals surface area contributed by atoms with Crippen LogP contribution < -0.4 is 15.0 Å². The number of alkyl halides is 2. The second kappa shape index (κ2) is 11.3. The van der Waals surface area contributed by atoms with E-state index in [2.05, 4.69) is 20.2 Å². The predicted octanol–water partition coefficient (Wildman–Crippen LogP) is 5.84. The van der Waals surface area contributed by atoms with Crippen LogP contribution in [0.15, 0.2) is 36.5 Å². The topological polar surface area (TPSA) is 83.5 Å². The molecule has 8 nitrogen and oxygen atoms in total. The number of carbonyl (C=O) groups is 1. The maximum absolute atomic E-state index is 16.9. The zero-order valence-corrected chi connectivity index (χ0v) is 26.2. The maximum Gasteiger partial charge on any atom is 0.319 e. The van der Waals surface area contributed by atoms with E-state index >= 15 is 13.2 Å². The highest BCUT2D eigenvalue weighted by Crippen LogP contribution is 2.42. The molecule has 0 spiro atoms. The third-order valence-corrected chi connectivity index (χ3v) is 10.6. The summed E-state index contributed by atoms with van der Waals surface area (Å²) in [5.74, 6) is -1.66. The largest absolute Gasteiger partial charge is 0.461 e. The van der Waals surface area contributed by atoms with Gasteiger partial charge in [0, 0.05) is 37.8 Å². The van der Waals surface area contributed by atoms with Gasteiger partial charge < -0.3 is 15.0 Å². The number of amides is 1. The van der Waals surface area contributed by atoms with Crippen molar-refractivity contribution < 1.29 is 27.1 Å². The normalized spacial score (nSPS) is 27.9. The lowest BCUT2D eigenvalue weighted by atomic mass is 9.90. The molecule has 7 heterocycles. The standard InChI is InChI=1S/C35H36F4N6O2/c1-34-11-3-13-44(18-34)31-24-16-40-29(23-6-2-5-20-7-9-25(37)22(27(20)23)8-10-26(38)32(46)43-34)28(39)30(24)41-33(42-31)47-19-35-12-4-14-45(35)17-21(36)15-35/h2,5-7,9,16,21,26H,3-4,8,10-15,17-19H2,1H3,(H,43,46)/t21-,26?,34-,35+/m1/s1. The highest BCUT2D eigenvalue weighted by molar-refractivity contribution is 6.01. The lowest BCUT2D eigenvalue weighted by molar-refractivity contribution is -0.128. The molecule has 3 saturated heterocycles. The van der Waals surface area contributed by atoms with Crippen molar-refractivity contribution in [2.75, 3.05) is 37.7 Å². The Bertz CT molecular complexity index is 1910. The van der Waals surface area contributed by atoms with Crippen molar-refractivity contribution in [1.82, 2.24) is 25.2 Å². The van der Waals surface area contributed by atoms with E-state index in [-0.39, 0.29) is 48.8 Å². The van der Waals surface area contributed by atoms with Crippen molar-refractivity contribution in [3.63, 3.8) is 0 Å². The number of ether oxygens (including phenoxy) is 1. The monoisotopic (exact) mass is 648 g/mol. The molecular formula is C35H36F4N6O2. The minimum atomic E-state index is -1.87. The van der Waals surface area contributed by atoms with Gasteiger partial charge in [0.05, 0.1) is 16.5 Å². The Morgan fingerprint density at radius 1 is 1.09 bits per heavy atom. The molecule has 12 heteroatoms. The average Bonchev–Trinajstić information content (AvgIpc) is 3.58. The zero-order chi connectivity index (χ0) is 32.5. The summed E-state index contributed by atoms with van der Waals surface area (Å²) in [6.45, 7) is 3.99. The number of nitrogens with one attached hydrogen (secondary N) is 1. The molecule has 1 amide bonds. The fraction of sp³-hybridized carbons (Fsp3) is 0.486. The van der Waals surface area contributed by atoms with Gasteiger partial charge >= 0.3 is 6.01 Å². The van der Waals surface area contributed by atoms with Gasteiger partial charge in [-0.2, -0.15) is 9.97 Å². The van der Waals surface area contributed by atoms with Gasteiger partial charge in [0.25, 0.3) is 5.91 Å². The van der Waals surface area contributed by atoms with Gasteiger partial charge in [-0.3, -0.25) is 14.7 Å². The quantitative estimate of drug-likeness (QED) is 0.280. The van der Waals surface area contributed by atoms with E-state index in [9.17, 15) is 9.18 Å². The molecule has 9 rings (SSSR count). The predicted molar refractivity (Wildman–Crippen MR) is 170 cm³/mol. The zero-order valence-electron chi connectivity index (χ0n) is 26.2. The Morgan fingerprint density at radius 2 is 1.94 bits per heavy atom. The molecule has 3 fully saturated rings. The van der Waals surface area contributed by atoms with Crippen molar-refractivity contribution in [3.8, 4) is 17.3 Å². The number of hydrogen-bond acceptors (Lipinski definition) is 7. The Kier molecular flexibility index (Phi) is 7.27. The van der Waals surface area contributed by atoms with Crippen LogP contribution >= 0.6 is 0 Å². The van der Waals surface area contributed by atoms with Crippen LogP contribution in [0.4, 0.5) is 23.4 Å². The van der Waals surface area contributed by atoms with Crippen molar-refractivity contribution in [3.05, 3.63) is 53.7 Å². The summed E-state index contributed by atoms with van der Waals surface area (Å²) in [5, 5.41) is 4.28. The van der Waals surface area contributed by atoms with Gasteiger partial charge in [0.2, 0.25) is 0 Å². The lowest BCUT2D eigenvalue weighted by Crippen LogP contribution is -2.58. The molecule has 246 valence electrons. The summed E-state index contributed by atoms with van der Waals surface area (Å²) in [6, 6.07) is 8.01. The van der Waals surface area contributed by atoms with Crippen LogP contribution in [-0.2, 0) is 11.2 Å². The molecular weight excluding hydrogens is 612 g/mol. The van der Waals surface area contributed by atoms with E-state index in [0.29, 0.717) is 59.9 Å². The SMILES string of the molecule is C[C@@]12CCCN(C1)c1nc(OC[C@@]34CCCN3C[C@H](F)C4)nc3c(F)c(ncc13)-c1cccc3ccc(F)c(c13)CCC(F)C(=O)N2. The Labute approximate surface area is 269 Å². The van der Waals surface area contributed by atoms with E-state index in [4.69, 9.17) is 9.72 Å². The molecule has 47 heavy (non-hydrogen) atoms. The molecule has 5 aliphatic rings. The Hall–Kier alpha value is -4.06. The van der Waals surface area contributed by atoms with E-state index in [1.54, 1.807) is 24.3 Å². The van der Waals surface area contributed by atoms with Crippen LogP contribution in [0.2, 0.25) is 0 Å². The first-order valence-electron chi connectivity index (χ1n) is 16.4. The van der Waals surface area contributed by atoms with Gasteiger partial charge in [-0.1, -0.05) is 24.3 Å². The summed E-state index contributed by atoms with van der Waals surface area (Å²) >= 11 is 0. The Balaban J connectivity index is 1.31. The fourth-order valence-corrected chi connectivity index (χ4v) is 8.33. The molecule has 4 atom stereocenters. The highest BCUT2D eigenvalue weighted by atomic mass is 19.1. The highest BCUT2D eigenvalue weighted by Gasteiger charge is 2.49. The summed E-state index contributed by atoms with van der Waals surface area (Å²) in [7, 11) is 0. The summed E-state index contributed by atoms with van der Waals surface area (Å²) < 4.78 is 68.5. The Morgan fingerprint density at radius 3 is 2.81 bits per heavy atom. The number of hydrogen-bond donors (Lipinski definition) is 1. The summed E-state index contributed by atoms with van der Waals surface area (Å²) in [6.07, 6.45) is 1.73. The van der Waals surface area contributed by atoms with Crippen LogP contribution in [0.5, 0.6) is 6.01 Å². The number of anilines is 1. The van der Waals surface area contributed by atoms with Gasteiger partial charge in [-0.15, -0.1) is 0 Å². The third-order valence-electron chi connectivity index (χ3n) is 10.6. The number of fused-ring (bicyclic) bond motifs is 6. The molecule has 5 aliphatic heterocycles. The summed E-state index contributed by atoms with van der Waals surface area (Å²) in [4.78, 5) is 31.1. The number of aryl methyl sites for hydroxylation is 1. The van der Waals surface area contributed by atoms with E-state index in [1.165, 1.54) is 12.3 Å². The van der Waals surface area contributed by atoms with Crippen LogP contribution in [0.1, 0.15) is 51.0 Å². The van der Waals surface area contributed by atoms with E-state index in [1.807, 2.05) is 11.8 Å². The first-order valence-corrected chi connectivity index (χ1v) is 16.4. The minimum absolute atomic E-state index is 0.00671. The lowest BCUT2D eigenvalue weighted by Gasteiger charge is -2.42. The molecule has 0 saturated carbocycles. The van der Waals surface area contributed by atoms with Gasteiger partial charge in [-0.25, -0.2) is 17.6 Å². The minimum Gasteiger partial charge on any atom is -0.461 e. The smallest absolute Gasteiger partial charge is 0.319 e.